The van der Waals surface area contributed by atoms with Crippen molar-refractivity contribution in [2.75, 3.05) is 21.0 Å². The normalized spacial score (nSPS) is 15.3. The van der Waals surface area contributed by atoms with Gasteiger partial charge in [-0.25, -0.2) is 9.36 Å². The lowest BCUT2D eigenvalue weighted by Crippen LogP contribution is -2.31. The zero-order chi connectivity index (χ0) is 76.9. The molecule has 23 nitrogen and oxygen atoms in total. The molecular weight excluding hydrogens is 1380 g/mol. The summed E-state index contributed by atoms with van der Waals surface area (Å²) in [5, 5.41) is 43.3. The fraction of sp³-hybridized carbons (Fsp3) is 0.395. The van der Waals surface area contributed by atoms with Crippen molar-refractivity contribution in [3.8, 4) is 68.0 Å². The van der Waals surface area contributed by atoms with Crippen LogP contribution in [0.1, 0.15) is 131 Å². The Bertz CT molecular complexity index is 4510. The van der Waals surface area contributed by atoms with Gasteiger partial charge in [-0.2, -0.15) is 0 Å². The van der Waals surface area contributed by atoms with E-state index in [4.69, 9.17) is 37.9 Å². The number of phenolic OH excluding ortho intramolecular Hbond substituents is 1. The maximum Gasteiger partial charge on any atom is 0.309 e. The van der Waals surface area contributed by atoms with Crippen LogP contribution in [0.3, 0.4) is 0 Å². The maximum atomic E-state index is 12.2. The third-order valence-corrected chi connectivity index (χ3v) is 19.1. The number of hydrogen-bond donors (Lipinski definition) is 1. The van der Waals surface area contributed by atoms with Crippen molar-refractivity contribution in [3.05, 3.63) is 228 Å². The Kier molecular flexibility index (Phi) is 30.7. The first-order chi connectivity index (χ1) is 53.0. The van der Waals surface area contributed by atoms with E-state index in [1.807, 2.05) is 193 Å². The van der Waals surface area contributed by atoms with E-state index < -0.39 is 0 Å². The zero-order valence-corrected chi connectivity index (χ0v) is 64.5. The quantitative estimate of drug-likeness (QED) is 0.0338. The number of methoxy groups -OCH3 is 2. The van der Waals surface area contributed by atoms with Crippen molar-refractivity contribution in [1.82, 2.24) is 60.0 Å². The van der Waals surface area contributed by atoms with Crippen LogP contribution < -0.4 is 14.2 Å². The van der Waals surface area contributed by atoms with E-state index in [-0.39, 0.29) is 60.7 Å². The smallest absolute Gasteiger partial charge is 0.309 e. The van der Waals surface area contributed by atoms with Crippen molar-refractivity contribution in [1.29, 1.82) is 0 Å². The first-order valence-electron chi connectivity index (χ1n) is 37.7. The molecular formula is C86H104N12O11. The van der Waals surface area contributed by atoms with Crippen LogP contribution in [0.15, 0.2) is 188 Å². The molecule has 4 aromatic heterocycles. The van der Waals surface area contributed by atoms with Crippen molar-refractivity contribution in [2.24, 2.45) is 40.0 Å². The number of phenols is 1. The molecule has 109 heavy (non-hydrogen) atoms. The van der Waals surface area contributed by atoms with Gasteiger partial charge in [0.25, 0.3) is 0 Å². The van der Waals surface area contributed by atoms with E-state index in [9.17, 15) is 14.7 Å². The maximum absolute atomic E-state index is 12.2. The van der Waals surface area contributed by atoms with Gasteiger partial charge in [-0.1, -0.05) is 112 Å². The number of ether oxygens (including phenoxy) is 8. The molecule has 11 aromatic rings. The highest BCUT2D eigenvalue weighted by atomic mass is 16.7. The second-order valence-corrected chi connectivity index (χ2v) is 27.9. The largest absolute Gasteiger partial charge is 0.508 e. The Hall–Kier alpha value is -10.9. The van der Waals surface area contributed by atoms with Gasteiger partial charge in [0, 0.05) is 57.6 Å². The lowest BCUT2D eigenvalue weighted by atomic mass is 9.87. The van der Waals surface area contributed by atoms with Crippen molar-refractivity contribution < 1.29 is 52.6 Å². The molecule has 4 atom stereocenters. The molecule has 7 aromatic carbocycles. The Morgan fingerprint density at radius 3 is 1.23 bits per heavy atom. The summed E-state index contributed by atoms with van der Waals surface area (Å²) >= 11 is 0. The first kappa shape index (κ1) is 80.7. The van der Waals surface area contributed by atoms with Crippen molar-refractivity contribution in [3.63, 3.8) is 0 Å². The number of esters is 2. The van der Waals surface area contributed by atoms with Crippen LogP contribution in [0.25, 0.3) is 45.0 Å². The number of hydrogen-bond acceptors (Lipinski definition) is 19. The molecule has 2 aliphatic rings. The molecule has 4 heterocycles. The topological polar surface area (TPSA) is 251 Å². The van der Waals surface area contributed by atoms with Crippen LogP contribution in [-0.4, -0.2) is 122 Å². The van der Waals surface area contributed by atoms with Crippen LogP contribution in [0.2, 0.25) is 0 Å². The van der Waals surface area contributed by atoms with Crippen molar-refractivity contribution in [2.45, 2.75) is 162 Å². The number of carbonyl (C=O) groups excluding carboxylic acids is 2. The summed E-state index contributed by atoms with van der Waals surface area (Å²) < 4.78 is 51.8. The van der Waals surface area contributed by atoms with Crippen LogP contribution in [0.4, 0.5) is 0 Å². The minimum atomic E-state index is -0.140. The second-order valence-electron chi connectivity index (χ2n) is 27.9. The summed E-state index contributed by atoms with van der Waals surface area (Å²) in [5.74, 6) is 2.23. The molecule has 1 N–H and O–H groups in total. The van der Waals surface area contributed by atoms with E-state index in [0.717, 1.165) is 168 Å². The first-order valence-corrected chi connectivity index (χ1v) is 37.7. The van der Waals surface area contributed by atoms with Gasteiger partial charge < -0.3 is 43.0 Å². The molecule has 0 amide bonds. The molecule has 574 valence electrons. The van der Waals surface area contributed by atoms with Gasteiger partial charge in [0.05, 0.1) is 86.0 Å². The van der Waals surface area contributed by atoms with E-state index in [2.05, 4.69) is 89.8 Å². The van der Waals surface area contributed by atoms with Crippen molar-refractivity contribution >= 4 is 11.9 Å². The minimum Gasteiger partial charge on any atom is -0.508 e. The third kappa shape index (κ3) is 24.3. The highest BCUT2D eigenvalue weighted by Gasteiger charge is 2.31. The average Bonchev–Trinajstić information content (AvgIpc) is 1.73. The number of carbonyl (C=O) groups is 2. The van der Waals surface area contributed by atoms with Gasteiger partial charge in [-0.3, -0.25) is 19.0 Å². The Morgan fingerprint density at radius 1 is 0.431 bits per heavy atom. The highest BCUT2D eigenvalue weighted by Crippen LogP contribution is 2.34. The van der Waals surface area contributed by atoms with Gasteiger partial charge in [0.1, 0.15) is 45.8 Å². The predicted molar refractivity (Wildman–Crippen MR) is 418 cm³/mol. The van der Waals surface area contributed by atoms with Gasteiger partial charge >= 0.3 is 11.9 Å². The minimum absolute atomic E-state index is 0.0252. The Labute approximate surface area is 639 Å². The van der Waals surface area contributed by atoms with Gasteiger partial charge in [0.2, 0.25) is 0 Å². The predicted octanol–water partition coefficient (Wildman–Crippen LogP) is 15.6. The summed E-state index contributed by atoms with van der Waals surface area (Å²) in [4.78, 5) is 24.1. The molecule has 0 aliphatic heterocycles. The zero-order valence-electron chi connectivity index (χ0n) is 64.5. The molecule has 0 radical (unpaired) electrons. The molecule has 0 bridgehead atoms. The average molecular weight is 1480 g/mol. The molecule has 0 spiro atoms. The van der Waals surface area contributed by atoms with Gasteiger partial charge in [-0.15, -0.1) is 20.4 Å². The lowest BCUT2D eigenvalue weighted by Gasteiger charge is -2.29. The number of nitrogens with zero attached hydrogens (tertiary/aromatic N) is 12. The SMILES string of the molecule is CC(C)OCc1c(-c2ccc(O[C@H]3CCC[C@H](C(=O)OC(C)C)C3)cc2)nnn1C.COC(=O)[C@H]1CCC[C@H](Oc2ccc(-c3nnn(C)c3COCc3ccccc3)cc2)C1.COCOc1ccc(-c2nnn(C)c2CCCc2ccccc2)cc1.Cn1nnc(-c2ccc(O)cc2)c1CCCc1ccccc1. The second kappa shape index (κ2) is 41.5. The summed E-state index contributed by atoms with van der Waals surface area (Å²) in [7, 11) is 10.7. The van der Waals surface area contributed by atoms with Crippen LogP contribution in [-0.2, 0) is 107 Å². The third-order valence-electron chi connectivity index (χ3n) is 19.1. The van der Waals surface area contributed by atoms with Gasteiger partial charge in [-0.05, 0) is 231 Å². The fourth-order valence-corrected chi connectivity index (χ4v) is 13.2. The molecule has 2 saturated carbocycles. The Balaban J connectivity index is 0.000000156. The standard InChI is InChI=1S/C25H29N3O4.C23H33N3O4.C20H23N3O2.C18H19N3O/c1-28-23(17-31-16-18-7-4-3-5-8-18)24(26-27-28)19-11-13-21(14-12-19)32-22-10-6-9-20(15-22)25(29)30-2;1-15(2)28-14-21-22(24-25-26(21)5)17-9-11-19(12-10-17)30-20-8-6-7-18(13-20)23(27)29-16(3)4;1-23-19(10-6-9-16-7-4-3-5-8-16)20(21-22-23)17-11-13-18(14-12-17)25-15-24-2;1-21-17(9-5-8-14-6-3-2-4-7-14)18(19-20-21)15-10-12-16(22)13-11-15/h3-5,7-8,11-14,20,22H,6,9-10,15-17H2,1-2H3;9-12,15-16,18,20H,6-8,13-14H2,1-5H3;3-5,7-8,11-14H,6,9-10,15H2,1-2H3;2-4,6-7,10-13,22H,5,8-9H2,1H3/t20-,22-;18-,20-;;/m00../s1. The van der Waals surface area contributed by atoms with E-state index in [1.54, 1.807) is 28.6 Å². The molecule has 0 unspecified atom stereocenters. The molecule has 2 fully saturated rings. The number of aromatic nitrogens is 12. The lowest BCUT2D eigenvalue weighted by molar-refractivity contribution is -0.154. The summed E-state index contributed by atoms with van der Waals surface area (Å²) in [6, 6.07) is 61.9. The van der Waals surface area contributed by atoms with Gasteiger partial charge in [0.15, 0.2) is 6.79 Å². The number of aryl methyl sites for hydroxylation is 6. The number of rotatable bonds is 29. The summed E-state index contributed by atoms with van der Waals surface area (Å²) in [6.07, 6.45) is 13.2. The molecule has 2 aliphatic carbocycles. The molecule has 13 rings (SSSR count). The highest BCUT2D eigenvalue weighted by molar-refractivity contribution is 5.73. The number of aromatic hydroxyl groups is 1. The molecule has 23 heteroatoms. The van der Waals surface area contributed by atoms with Crippen LogP contribution in [0, 0.1) is 11.8 Å². The number of benzene rings is 7. The molecule has 0 saturated heterocycles. The fourth-order valence-electron chi connectivity index (χ4n) is 13.2. The van der Waals surface area contributed by atoms with E-state index in [0.29, 0.717) is 32.7 Å². The summed E-state index contributed by atoms with van der Waals surface area (Å²) in [5.41, 5.74) is 15.4. The monoisotopic (exact) mass is 1480 g/mol. The van der Waals surface area contributed by atoms with E-state index in [1.165, 1.54) is 18.2 Å². The summed E-state index contributed by atoms with van der Waals surface area (Å²) in [6.45, 7) is 9.44. The van der Waals surface area contributed by atoms with Crippen LogP contribution >= 0.6 is 0 Å². The Morgan fingerprint density at radius 2 is 0.817 bits per heavy atom. The van der Waals surface area contributed by atoms with E-state index >= 15 is 0 Å². The van der Waals surface area contributed by atoms with Crippen LogP contribution in [0.5, 0.6) is 23.0 Å².